The minimum Gasteiger partial charge on any atom is -0.496 e. The summed E-state index contributed by atoms with van der Waals surface area (Å²) in [7, 11) is 1.60. The number of hydrogen-bond acceptors (Lipinski definition) is 3. The molecule has 1 aliphatic heterocycles. The van der Waals surface area contributed by atoms with Gasteiger partial charge in [0, 0.05) is 24.7 Å². The average molecular weight is 350 g/mol. The lowest BCUT2D eigenvalue weighted by Gasteiger charge is -2.30. The second-order valence-corrected chi connectivity index (χ2v) is 5.36. The molecule has 0 aliphatic carbocycles. The van der Waals surface area contributed by atoms with Crippen molar-refractivity contribution in [3.8, 4) is 5.75 Å². The molecule has 106 valence electrons. The summed E-state index contributed by atoms with van der Waals surface area (Å²) in [6, 6.07) is 5.47. The van der Waals surface area contributed by atoms with Crippen LogP contribution in [0.3, 0.4) is 0 Å². The van der Waals surface area contributed by atoms with Crippen LogP contribution in [0.5, 0.6) is 5.75 Å². The van der Waals surface area contributed by atoms with Crippen LogP contribution in [0.4, 0.5) is 0 Å². The number of amides is 1. The summed E-state index contributed by atoms with van der Waals surface area (Å²) >= 11 is 3.39. The van der Waals surface area contributed by atoms with Crippen LogP contribution in [0, 0.1) is 0 Å². The number of methoxy groups -OCH3 is 1. The average Bonchev–Trinajstić information content (AvgIpc) is 2.37. The number of nitrogens with zero attached hydrogens (tertiary/aromatic N) is 1. The summed E-state index contributed by atoms with van der Waals surface area (Å²) in [4.78, 5) is 14.1. The Hall–Kier alpha value is -0.780. The van der Waals surface area contributed by atoms with Crippen LogP contribution >= 0.6 is 28.3 Å². The number of halogens is 2. The molecule has 1 heterocycles. The third-order valence-electron chi connectivity index (χ3n) is 3.14. The highest BCUT2D eigenvalue weighted by molar-refractivity contribution is 9.10. The molecule has 0 unspecified atom stereocenters. The van der Waals surface area contributed by atoms with E-state index in [9.17, 15) is 4.79 Å². The van der Waals surface area contributed by atoms with Crippen LogP contribution in [-0.2, 0) is 0 Å². The highest BCUT2D eigenvalue weighted by Crippen LogP contribution is 2.26. The molecule has 19 heavy (non-hydrogen) atoms. The van der Waals surface area contributed by atoms with Crippen molar-refractivity contribution >= 4 is 34.2 Å². The Balaban J connectivity index is 0.00000180. The van der Waals surface area contributed by atoms with E-state index in [1.165, 1.54) is 0 Å². The Morgan fingerprint density at radius 1 is 1.53 bits per heavy atom. The minimum atomic E-state index is 0. The van der Waals surface area contributed by atoms with Gasteiger partial charge in [0.1, 0.15) is 5.75 Å². The van der Waals surface area contributed by atoms with Gasteiger partial charge in [-0.25, -0.2) is 0 Å². The lowest BCUT2D eigenvalue weighted by Crippen LogP contribution is -2.45. The molecule has 1 aromatic rings. The van der Waals surface area contributed by atoms with Gasteiger partial charge in [0.05, 0.1) is 11.6 Å². The van der Waals surface area contributed by atoms with Gasteiger partial charge in [0.25, 0.3) is 5.91 Å². The van der Waals surface area contributed by atoms with Gasteiger partial charge in [-0.2, -0.15) is 0 Å². The molecule has 0 aromatic heterocycles. The number of rotatable bonds is 2. The summed E-state index contributed by atoms with van der Waals surface area (Å²) < 4.78 is 5.94. The number of ether oxygens (including phenoxy) is 1. The Morgan fingerprint density at radius 3 is 2.84 bits per heavy atom. The summed E-state index contributed by atoms with van der Waals surface area (Å²) in [5.41, 5.74) is 6.56. The molecule has 0 saturated carbocycles. The van der Waals surface area contributed by atoms with E-state index in [2.05, 4.69) is 15.9 Å². The second-order valence-electron chi connectivity index (χ2n) is 4.50. The van der Waals surface area contributed by atoms with Crippen molar-refractivity contribution in [3.63, 3.8) is 0 Å². The molecule has 0 bridgehead atoms. The molecule has 0 spiro atoms. The van der Waals surface area contributed by atoms with Crippen LogP contribution in [0.25, 0.3) is 0 Å². The van der Waals surface area contributed by atoms with Gasteiger partial charge in [0.2, 0.25) is 0 Å². The van der Waals surface area contributed by atoms with Gasteiger partial charge >= 0.3 is 0 Å². The molecular weight excluding hydrogens is 332 g/mol. The van der Waals surface area contributed by atoms with Crippen molar-refractivity contribution in [2.24, 2.45) is 5.73 Å². The first-order valence-corrected chi connectivity index (χ1v) is 6.79. The van der Waals surface area contributed by atoms with E-state index in [1.54, 1.807) is 25.3 Å². The molecule has 2 N–H and O–H groups in total. The zero-order chi connectivity index (χ0) is 13.1. The number of carbonyl (C=O) groups is 1. The van der Waals surface area contributed by atoms with E-state index in [4.69, 9.17) is 10.5 Å². The summed E-state index contributed by atoms with van der Waals surface area (Å²) in [5.74, 6) is 0.760. The molecule has 1 aromatic carbocycles. The molecule has 0 radical (unpaired) electrons. The lowest BCUT2D eigenvalue weighted by atomic mass is 10.1. The van der Waals surface area contributed by atoms with E-state index in [0.29, 0.717) is 12.1 Å². The maximum absolute atomic E-state index is 12.3. The fourth-order valence-electron chi connectivity index (χ4n) is 2.18. The van der Waals surface area contributed by atoms with E-state index in [1.807, 2.05) is 4.90 Å². The third-order valence-corrected chi connectivity index (χ3v) is 3.76. The first-order valence-electron chi connectivity index (χ1n) is 6.00. The minimum absolute atomic E-state index is 0. The molecule has 4 nitrogen and oxygen atoms in total. The van der Waals surface area contributed by atoms with Crippen molar-refractivity contribution in [1.29, 1.82) is 0 Å². The summed E-state index contributed by atoms with van der Waals surface area (Å²) in [6.45, 7) is 1.43. The molecule has 1 amide bonds. The van der Waals surface area contributed by atoms with Crippen molar-refractivity contribution in [3.05, 3.63) is 28.2 Å². The normalized spacial score (nSPS) is 18.7. The Labute approximate surface area is 127 Å². The van der Waals surface area contributed by atoms with Gasteiger partial charge in [-0.1, -0.05) is 0 Å². The van der Waals surface area contributed by atoms with E-state index in [0.717, 1.165) is 29.6 Å². The monoisotopic (exact) mass is 348 g/mol. The number of likely N-dealkylation sites (tertiary alicyclic amines) is 1. The predicted molar refractivity (Wildman–Crippen MR) is 81.1 cm³/mol. The first-order chi connectivity index (χ1) is 8.61. The largest absolute Gasteiger partial charge is 0.496 e. The zero-order valence-corrected chi connectivity index (χ0v) is 13.2. The van der Waals surface area contributed by atoms with Crippen molar-refractivity contribution in [2.75, 3.05) is 20.2 Å². The molecule has 2 rings (SSSR count). The maximum Gasteiger partial charge on any atom is 0.253 e. The first kappa shape index (κ1) is 16.3. The molecule has 1 aliphatic rings. The van der Waals surface area contributed by atoms with Gasteiger partial charge in [-0.15, -0.1) is 12.4 Å². The third kappa shape index (κ3) is 3.84. The van der Waals surface area contributed by atoms with Gasteiger partial charge in [-0.05, 0) is 47.0 Å². The molecule has 1 atom stereocenters. The van der Waals surface area contributed by atoms with Crippen molar-refractivity contribution in [2.45, 2.75) is 18.9 Å². The molecular formula is C13H18BrClN2O2. The van der Waals surface area contributed by atoms with Crippen LogP contribution < -0.4 is 10.5 Å². The summed E-state index contributed by atoms with van der Waals surface area (Å²) in [6.07, 6.45) is 1.97. The molecule has 1 saturated heterocycles. The van der Waals surface area contributed by atoms with Crippen LogP contribution in [0.15, 0.2) is 22.7 Å². The number of piperidine rings is 1. The maximum atomic E-state index is 12.3. The Kier molecular flexibility index (Phi) is 6.10. The molecule has 6 heteroatoms. The number of nitrogens with two attached hydrogens (primary N) is 1. The highest BCUT2D eigenvalue weighted by atomic mass is 79.9. The standard InChI is InChI=1S/C13H17BrN2O2.ClH/c1-18-12-5-4-9(7-11(12)14)13(17)16-6-2-3-10(15)8-16;/h4-5,7,10H,2-3,6,8,15H2,1H3;1H/t10-;/m1./s1. The van der Waals surface area contributed by atoms with E-state index < -0.39 is 0 Å². The fraction of sp³-hybridized carbons (Fsp3) is 0.462. The number of benzene rings is 1. The topological polar surface area (TPSA) is 55.6 Å². The lowest BCUT2D eigenvalue weighted by molar-refractivity contribution is 0.0708. The van der Waals surface area contributed by atoms with Crippen LogP contribution in [-0.4, -0.2) is 37.0 Å². The van der Waals surface area contributed by atoms with E-state index >= 15 is 0 Å². The quantitative estimate of drug-likeness (QED) is 0.892. The highest BCUT2D eigenvalue weighted by Gasteiger charge is 2.22. The predicted octanol–water partition coefficient (Wildman–Crippen LogP) is 2.44. The van der Waals surface area contributed by atoms with Crippen molar-refractivity contribution < 1.29 is 9.53 Å². The number of carbonyl (C=O) groups excluding carboxylic acids is 1. The second kappa shape index (κ2) is 7.12. The van der Waals surface area contributed by atoms with Gasteiger partial charge in [0.15, 0.2) is 0 Å². The zero-order valence-electron chi connectivity index (χ0n) is 10.8. The Morgan fingerprint density at radius 2 is 2.26 bits per heavy atom. The number of hydrogen-bond donors (Lipinski definition) is 1. The van der Waals surface area contributed by atoms with Crippen LogP contribution in [0.1, 0.15) is 23.2 Å². The SMILES string of the molecule is COc1ccc(C(=O)N2CCC[C@@H](N)C2)cc1Br.Cl. The smallest absolute Gasteiger partial charge is 0.253 e. The van der Waals surface area contributed by atoms with Crippen LogP contribution in [0.2, 0.25) is 0 Å². The van der Waals surface area contributed by atoms with Gasteiger partial charge in [-0.3, -0.25) is 4.79 Å². The van der Waals surface area contributed by atoms with Gasteiger partial charge < -0.3 is 15.4 Å². The Bertz CT molecular complexity index is 456. The summed E-state index contributed by atoms with van der Waals surface area (Å²) in [5, 5.41) is 0. The van der Waals surface area contributed by atoms with Crippen molar-refractivity contribution in [1.82, 2.24) is 4.90 Å². The molecule has 1 fully saturated rings. The fourth-order valence-corrected chi connectivity index (χ4v) is 2.72. The van der Waals surface area contributed by atoms with E-state index in [-0.39, 0.29) is 24.4 Å².